The van der Waals surface area contributed by atoms with E-state index in [1.54, 1.807) is 18.2 Å². The highest BCUT2D eigenvalue weighted by atomic mass is 35.5. The van der Waals surface area contributed by atoms with E-state index in [0.29, 0.717) is 19.1 Å². The molecule has 0 radical (unpaired) electrons. The highest BCUT2D eigenvalue weighted by molar-refractivity contribution is 7.89. The Morgan fingerprint density at radius 1 is 1.09 bits per heavy atom. The van der Waals surface area contributed by atoms with Crippen LogP contribution in [0.2, 0.25) is 10.0 Å². The first-order valence-corrected chi connectivity index (χ1v) is 9.58. The smallest absolute Gasteiger partial charge is 0.246 e. The van der Waals surface area contributed by atoms with Gasteiger partial charge in [-0.05, 0) is 25.1 Å². The lowest BCUT2D eigenvalue weighted by Gasteiger charge is -2.37. The average Bonchev–Trinajstić information content (AvgIpc) is 3.01. The second-order valence-corrected chi connectivity index (χ2v) is 8.33. The molecule has 22 heavy (non-hydrogen) atoms. The largest absolute Gasteiger partial charge is 0.315 e. The van der Waals surface area contributed by atoms with Gasteiger partial charge in [0.1, 0.15) is 4.90 Å². The van der Waals surface area contributed by atoms with Crippen LogP contribution in [0.1, 0.15) is 6.42 Å². The molecule has 0 aromatic heterocycles. The molecule has 2 aliphatic heterocycles. The second-order valence-electron chi connectivity index (χ2n) is 5.64. The van der Waals surface area contributed by atoms with Gasteiger partial charge >= 0.3 is 0 Å². The molecule has 122 valence electrons. The molecule has 8 heteroatoms. The highest BCUT2D eigenvalue weighted by Gasteiger charge is 2.34. The molecule has 2 saturated heterocycles. The van der Waals surface area contributed by atoms with Gasteiger partial charge in [0.25, 0.3) is 0 Å². The fourth-order valence-corrected chi connectivity index (χ4v) is 5.63. The van der Waals surface area contributed by atoms with Gasteiger partial charge in [0.15, 0.2) is 0 Å². The maximum absolute atomic E-state index is 12.8. The number of rotatable bonds is 3. The number of halogens is 2. The Morgan fingerprint density at radius 2 is 1.73 bits per heavy atom. The van der Waals surface area contributed by atoms with E-state index in [0.717, 1.165) is 32.6 Å². The van der Waals surface area contributed by atoms with E-state index in [4.69, 9.17) is 23.2 Å². The minimum Gasteiger partial charge on any atom is -0.315 e. The van der Waals surface area contributed by atoms with Crippen LogP contribution in [0.25, 0.3) is 0 Å². The Bertz CT molecular complexity index is 619. The molecular formula is C14H19Cl2N3O2S. The number of nitrogens with one attached hydrogen (secondary N) is 1. The van der Waals surface area contributed by atoms with Crippen molar-refractivity contribution >= 4 is 33.2 Å². The predicted octanol–water partition coefficient (Wildman–Crippen LogP) is 1.66. The van der Waals surface area contributed by atoms with Crippen molar-refractivity contribution in [2.45, 2.75) is 17.4 Å². The van der Waals surface area contributed by atoms with E-state index in [1.165, 1.54) is 4.31 Å². The monoisotopic (exact) mass is 363 g/mol. The van der Waals surface area contributed by atoms with Gasteiger partial charge < -0.3 is 5.32 Å². The number of nitrogens with zero attached hydrogens (tertiary/aromatic N) is 2. The zero-order valence-corrected chi connectivity index (χ0v) is 14.5. The number of piperazine rings is 1. The van der Waals surface area contributed by atoms with Gasteiger partial charge in [0, 0.05) is 38.8 Å². The van der Waals surface area contributed by atoms with E-state index in [1.807, 2.05) is 0 Å². The molecule has 0 spiro atoms. The molecule has 0 amide bonds. The Balaban J connectivity index is 1.74. The van der Waals surface area contributed by atoms with Crippen molar-refractivity contribution < 1.29 is 8.42 Å². The fourth-order valence-electron chi connectivity index (χ4n) is 3.12. The van der Waals surface area contributed by atoms with Crippen molar-refractivity contribution in [1.29, 1.82) is 0 Å². The van der Waals surface area contributed by atoms with Gasteiger partial charge in [-0.2, -0.15) is 4.31 Å². The number of hydrogen-bond acceptors (Lipinski definition) is 4. The summed E-state index contributed by atoms with van der Waals surface area (Å²) < 4.78 is 27.1. The van der Waals surface area contributed by atoms with Crippen molar-refractivity contribution in [2.24, 2.45) is 0 Å². The van der Waals surface area contributed by atoms with Gasteiger partial charge in [0.2, 0.25) is 10.0 Å². The molecule has 1 aromatic rings. The van der Waals surface area contributed by atoms with Crippen molar-refractivity contribution in [1.82, 2.24) is 14.5 Å². The van der Waals surface area contributed by atoms with E-state index in [9.17, 15) is 8.42 Å². The van der Waals surface area contributed by atoms with Gasteiger partial charge in [-0.15, -0.1) is 0 Å². The summed E-state index contributed by atoms with van der Waals surface area (Å²) in [6.07, 6.45) is 1.13. The third-order valence-electron chi connectivity index (χ3n) is 4.34. The molecule has 2 fully saturated rings. The van der Waals surface area contributed by atoms with Crippen LogP contribution in [0, 0.1) is 0 Å². The summed E-state index contributed by atoms with van der Waals surface area (Å²) in [6, 6.07) is 5.28. The molecule has 2 heterocycles. The number of benzene rings is 1. The average molecular weight is 364 g/mol. The van der Waals surface area contributed by atoms with Crippen LogP contribution in [0.5, 0.6) is 0 Å². The fraction of sp³-hybridized carbons (Fsp3) is 0.571. The molecule has 0 saturated carbocycles. The summed E-state index contributed by atoms with van der Waals surface area (Å²) in [7, 11) is -3.64. The van der Waals surface area contributed by atoms with Crippen LogP contribution >= 0.6 is 23.2 Å². The number of sulfonamides is 1. The molecule has 0 aliphatic carbocycles. The standard InChI is InChI=1S/C14H19Cl2N3O2S/c15-12-2-1-3-13(16)14(12)22(20,21)19-8-6-18(7-9-19)11-4-5-17-10-11/h1-3,11,17H,4-10H2. The lowest BCUT2D eigenvalue weighted by molar-refractivity contribution is 0.145. The van der Waals surface area contributed by atoms with Crippen molar-refractivity contribution in [3.05, 3.63) is 28.2 Å². The Labute approximate surface area is 141 Å². The van der Waals surface area contributed by atoms with E-state index < -0.39 is 10.0 Å². The Morgan fingerprint density at radius 3 is 2.27 bits per heavy atom. The Hall–Kier alpha value is -0.370. The third-order valence-corrected chi connectivity index (χ3v) is 7.20. The molecule has 5 nitrogen and oxygen atoms in total. The van der Waals surface area contributed by atoms with Crippen molar-refractivity contribution in [3.63, 3.8) is 0 Å². The molecule has 1 atom stereocenters. The Kier molecular flexibility index (Phi) is 4.97. The highest BCUT2D eigenvalue weighted by Crippen LogP contribution is 2.32. The molecule has 0 bridgehead atoms. The topological polar surface area (TPSA) is 52.7 Å². The molecule has 1 unspecified atom stereocenters. The van der Waals surface area contributed by atoms with Crippen molar-refractivity contribution in [3.8, 4) is 0 Å². The van der Waals surface area contributed by atoms with Gasteiger partial charge in [0.05, 0.1) is 10.0 Å². The second kappa shape index (κ2) is 6.63. The maximum atomic E-state index is 12.8. The molecular weight excluding hydrogens is 345 g/mol. The summed E-state index contributed by atoms with van der Waals surface area (Å²) >= 11 is 12.1. The lowest BCUT2D eigenvalue weighted by atomic mass is 10.2. The molecule has 1 N–H and O–H groups in total. The van der Waals surface area contributed by atoms with Crippen LogP contribution in [0.4, 0.5) is 0 Å². The van der Waals surface area contributed by atoms with Crippen LogP contribution in [-0.2, 0) is 10.0 Å². The first kappa shape index (κ1) is 16.5. The molecule has 2 aliphatic rings. The maximum Gasteiger partial charge on any atom is 0.246 e. The lowest BCUT2D eigenvalue weighted by Crippen LogP contribution is -2.52. The first-order valence-electron chi connectivity index (χ1n) is 7.39. The summed E-state index contributed by atoms with van der Waals surface area (Å²) in [5.74, 6) is 0. The predicted molar refractivity (Wildman–Crippen MR) is 88.1 cm³/mol. The van der Waals surface area contributed by atoms with E-state index in [2.05, 4.69) is 10.2 Å². The van der Waals surface area contributed by atoms with Gasteiger partial charge in [-0.25, -0.2) is 8.42 Å². The minimum absolute atomic E-state index is 0.0225. The summed E-state index contributed by atoms with van der Waals surface area (Å²) in [5, 5.41) is 3.70. The zero-order chi connectivity index (χ0) is 15.7. The van der Waals surface area contributed by atoms with Crippen molar-refractivity contribution in [2.75, 3.05) is 39.3 Å². The molecule has 1 aromatic carbocycles. The zero-order valence-electron chi connectivity index (χ0n) is 12.1. The van der Waals surface area contributed by atoms with Crippen LogP contribution in [-0.4, -0.2) is 62.9 Å². The third kappa shape index (κ3) is 3.13. The SMILES string of the molecule is O=S(=O)(c1c(Cl)cccc1Cl)N1CCN(C2CCNC2)CC1. The van der Waals surface area contributed by atoms with E-state index in [-0.39, 0.29) is 14.9 Å². The van der Waals surface area contributed by atoms with Crippen LogP contribution in [0.15, 0.2) is 23.1 Å². The van der Waals surface area contributed by atoms with Gasteiger partial charge in [-0.3, -0.25) is 4.90 Å². The quantitative estimate of drug-likeness (QED) is 0.887. The van der Waals surface area contributed by atoms with E-state index >= 15 is 0 Å². The summed E-state index contributed by atoms with van der Waals surface area (Å²) in [4.78, 5) is 2.38. The van der Waals surface area contributed by atoms with Crippen LogP contribution < -0.4 is 5.32 Å². The van der Waals surface area contributed by atoms with Gasteiger partial charge in [-0.1, -0.05) is 29.3 Å². The first-order chi connectivity index (χ1) is 10.5. The summed E-state index contributed by atoms with van der Waals surface area (Å²) in [6.45, 7) is 4.46. The summed E-state index contributed by atoms with van der Waals surface area (Å²) in [5.41, 5.74) is 0. The number of hydrogen-bond donors (Lipinski definition) is 1. The van der Waals surface area contributed by atoms with Crippen LogP contribution in [0.3, 0.4) is 0 Å². The molecule has 3 rings (SSSR count). The normalized spacial score (nSPS) is 24.7. The minimum atomic E-state index is -3.64.